The minimum Gasteiger partial charge on any atom is -0.372 e. The van der Waals surface area contributed by atoms with Gasteiger partial charge >= 0.3 is 0 Å². The lowest BCUT2D eigenvalue weighted by molar-refractivity contribution is 0.256. The van der Waals surface area contributed by atoms with E-state index >= 15 is 0 Å². The van der Waals surface area contributed by atoms with Gasteiger partial charge in [-0.15, -0.1) is 0 Å². The van der Waals surface area contributed by atoms with Crippen molar-refractivity contribution >= 4 is 5.69 Å². The molecule has 0 unspecified atom stereocenters. The fraction of sp³-hybridized carbons (Fsp3) is 0.538. The molecule has 0 bridgehead atoms. The molecule has 0 aliphatic carbocycles. The van der Waals surface area contributed by atoms with Crippen LogP contribution in [0.4, 0.5) is 5.69 Å². The molecular weight excluding hydrogens is 198 g/mol. The van der Waals surface area contributed by atoms with Crippen molar-refractivity contribution < 1.29 is 0 Å². The first-order chi connectivity index (χ1) is 7.75. The van der Waals surface area contributed by atoms with Crippen molar-refractivity contribution in [3.8, 4) is 0 Å². The summed E-state index contributed by atoms with van der Waals surface area (Å²) in [5.74, 6) is 0. The lowest BCUT2D eigenvalue weighted by atomic mass is 10.1. The molecule has 2 rings (SSSR count). The lowest BCUT2D eigenvalue weighted by Crippen LogP contribution is -2.45. The largest absolute Gasteiger partial charge is 0.372 e. The Kier molecular flexibility index (Phi) is 3.80. The first-order valence-electron chi connectivity index (χ1n) is 6.00. The Hall–Kier alpha value is -1.06. The third-order valence-electron chi connectivity index (χ3n) is 3.08. The summed E-state index contributed by atoms with van der Waals surface area (Å²) >= 11 is 0. The van der Waals surface area contributed by atoms with Crippen molar-refractivity contribution in [1.82, 2.24) is 10.2 Å². The molecule has 3 nitrogen and oxygen atoms in total. The second kappa shape index (κ2) is 5.32. The van der Waals surface area contributed by atoms with Crippen LogP contribution in [0.15, 0.2) is 18.2 Å². The van der Waals surface area contributed by atoms with Gasteiger partial charge in [0, 0.05) is 31.9 Å². The summed E-state index contributed by atoms with van der Waals surface area (Å²) in [7, 11) is 0. The molecule has 1 fully saturated rings. The topological polar surface area (TPSA) is 27.3 Å². The van der Waals surface area contributed by atoms with Crippen LogP contribution in [0.25, 0.3) is 0 Å². The van der Waals surface area contributed by atoms with Crippen LogP contribution in [0, 0.1) is 13.8 Å². The van der Waals surface area contributed by atoms with Crippen LogP contribution in [-0.2, 0) is 0 Å². The molecule has 88 valence electrons. The molecular formula is C13H21N3. The highest BCUT2D eigenvalue weighted by Crippen LogP contribution is 2.15. The van der Waals surface area contributed by atoms with Crippen molar-refractivity contribution in [3.63, 3.8) is 0 Å². The predicted molar refractivity (Wildman–Crippen MR) is 68.8 cm³/mol. The zero-order valence-electron chi connectivity index (χ0n) is 10.2. The van der Waals surface area contributed by atoms with Crippen LogP contribution in [0.2, 0.25) is 0 Å². The first kappa shape index (κ1) is 11.4. The second-order valence-electron chi connectivity index (χ2n) is 4.52. The molecule has 0 amide bonds. The van der Waals surface area contributed by atoms with E-state index in [1.54, 1.807) is 0 Å². The summed E-state index contributed by atoms with van der Waals surface area (Å²) in [6.45, 7) is 9.73. The van der Waals surface area contributed by atoms with Crippen LogP contribution in [0.5, 0.6) is 0 Å². The summed E-state index contributed by atoms with van der Waals surface area (Å²) in [6, 6.07) is 6.56. The van der Waals surface area contributed by atoms with Gasteiger partial charge in [-0.1, -0.05) is 17.7 Å². The molecule has 1 heterocycles. The van der Waals surface area contributed by atoms with Crippen molar-refractivity contribution in [1.29, 1.82) is 0 Å². The Labute approximate surface area is 97.8 Å². The van der Waals surface area contributed by atoms with E-state index in [2.05, 4.69) is 47.6 Å². The first-order valence-corrected chi connectivity index (χ1v) is 6.00. The summed E-state index contributed by atoms with van der Waals surface area (Å²) in [4.78, 5) is 2.44. The van der Waals surface area contributed by atoms with E-state index in [4.69, 9.17) is 0 Å². The third-order valence-corrected chi connectivity index (χ3v) is 3.08. The van der Waals surface area contributed by atoms with Gasteiger partial charge in [-0.25, -0.2) is 0 Å². The van der Waals surface area contributed by atoms with Crippen molar-refractivity contribution in [3.05, 3.63) is 29.3 Å². The number of anilines is 1. The Balaban J connectivity index is 1.88. The second-order valence-corrected chi connectivity index (χ2v) is 4.52. The van der Waals surface area contributed by atoms with Gasteiger partial charge in [0.1, 0.15) is 0 Å². The maximum Gasteiger partial charge on any atom is 0.0679 e. The zero-order chi connectivity index (χ0) is 11.4. The SMILES string of the molecule is Cc1ccc(NCN2CCNCC2)c(C)c1. The summed E-state index contributed by atoms with van der Waals surface area (Å²) in [5.41, 5.74) is 3.91. The van der Waals surface area contributed by atoms with E-state index in [0.717, 1.165) is 32.8 Å². The Morgan fingerprint density at radius 2 is 2.00 bits per heavy atom. The molecule has 0 spiro atoms. The molecule has 16 heavy (non-hydrogen) atoms. The molecule has 0 saturated carbocycles. The summed E-state index contributed by atoms with van der Waals surface area (Å²) in [6.07, 6.45) is 0. The van der Waals surface area contributed by atoms with E-state index in [9.17, 15) is 0 Å². The number of nitrogens with one attached hydrogen (secondary N) is 2. The number of rotatable bonds is 3. The third kappa shape index (κ3) is 2.97. The summed E-state index contributed by atoms with van der Waals surface area (Å²) in [5, 5.41) is 6.87. The normalized spacial score (nSPS) is 17.4. The molecule has 2 N–H and O–H groups in total. The molecule has 0 aromatic heterocycles. The Morgan fingerprint density at radius 1 is 1.25 bits per heavy atom. The van der Waals surface area contributed by atoms with E-state index in [1.807, 2.05) is 0 Å². The van der Waals surface area contributed by atoms with Gasteiger partial charge in [-0.05, 0) is 25.5 Å². The average Bonchev–Trinajstić information content (AvgIpc) is 2.29. The van der Waals surface area contributed by atoms with Crippen molar-refractivity contribution in [2.75, 3.05) is 38.2 Å². The fourth-order valence-corrected chi connectivity index (χ4v) is 2.08. The van der Waals surface area contributed by atoms with E-state index < -0.39 is 0 Å². The van der Waals surface area contributed by atoms with Crippen molar-refractivity contribution in [2.24, 2.45) is 0 Å². The van der Waals surface area contributed by atoms with Gasteiger partial charge < -0.3 is 10.6 Å². The minimum absolute atomic E-state index is 0.950. The Bertz CT molecular complexity index is 343. The van der Waals surface area contributed by atoms with E-state index in [-0.39, 0.29) is 0 Å². The molecule has 0 radical (unpaired) electrons. The fourth-order valence-electron chi connectivity index (χ4n) is 2.08. The highest BCUT2D eigenvalue weighted by molar-refractivity contribution is 5.51. The molecule has 1 aliphatic rings. The van der Waals surface area contributed by atoms with Gasteiger partial charge in [0.15, 0.2) is 0 Å². The number of hydrogen-bond donors (Lipinski definition) is 2. The number of nitrogens with zero attached hydrogens (tertiary/aromatic N) is 1. The average molecular weight is 219 g/mol. The van der Waals surface area contributed by atoms with Gasteiger partial charge in [-0.3, -0.25) is 4.90 Å². The highest BCUT2D eigenvalue weighted by atomic mass is 15.3. The van der Waals surface area contributed by atoms with Crippen LogP contribution < -0.4 is 10.6 Å². The minimum atomic E-state index is 0.950. The quantitative estimate of drug-likeness (QED) is 0.808. The number of benzene rings is 1. The highest BCUT2D eigenvalue weighted by Gasteiger charge is 2.08. The van der Waals surface area contributed by atoms with Crippen LogP contribution in [0.1, 0.15) is 11.1 Å². The molecule has 3 heteroatoms. The molecule has 1 saturated heterocycles. The molecule has 1 aromatic carbocycles. The summed E-state index contributed by atoms with van der Waals surface area (Å²) < 4.78 is 0. The smallest absolute Gasteiger partial charge is 0.0679 e. The van der Waals surface area contributed by atoms with E-state index in [0.29, 0.717) is 0 Å². The number of aryl methyl sites for hydroxylation is 2. The van der Waals surface area contributed by atoms with Gasteiger partial charge in [0.05, 0.1) is 6.67 Å². The number of hydrogen-bond acceptors (Lipinski definition) is 3. The predicted octanol–water partition coefficient (Wildman–Crippen LogP) is 1.58. The lowest BCUT2D eigenvalue weighted by Gasteiger charge is -2.28. The molecule has 1 aromatic rings. The molecule has 0 atom stereocenters. The molecule has 1 aliphatic heterocycles. The van der Waals surface area contributed by atoms with Crippen LogP contribution >= 0.6 is 0 Å². The number of piperazine rings is 1. The van der Waals surface area contributed by atoms with Crippen LogP contribution in [-0.4, -0.2) is 37.7 Å². The maximum absolute atomic E-state index is 3.51. The standard InChI is InChI=1S/C13H21N3/c1-11-3-4-13(12(2)9-11)15-10-16-7-5-14-6-8-16/h3-4,9,14-15H,5-8,10H2,1-2H3. The van der Waals surface area contributed by atoms with Gasteiger partial charge in [0.25, 0.3) is 0 Å². The maximum atomic E-state index is 3.51. The van der Waals surface area contributed by atoms with Gasteiger partial charge in [-0.2, -0.15) is 0 Å². The van der Waals surface area contributed by atoms with E-state index in [1.165, 1.54) is 16.8 Å². The van der Waals surface area contributed by atoms with Crippen molar-refractivity contribution in [2.45, 2.75) is 13.8 Å². The van der Waals surface area contributed by atoms with Crippen LogP contribution in [0.3, 0.4) is 0 Å². The van der Waals surface area contributed by atoms with Gasteiger partial charge in [0.2, 0.25) is 0 Å². The Morgan fingerprint density at radius 3 is 2.69 bits per heavy atom. The monoisotopic (exact) mass is 219 g/mol. The zero-order valence-corrected chi connectivity index (χ0v) is 10.2.